The van der Waals surface area contributed by atoms with E-state index in [9.17, 15) is 4.79 Å². The molecular formula is C10H13N3O. The van der Waals surface area contributed by atoms with E-state index in [0.717, 1.165) is 30.5 Å². The van der Waals surface area contributed by atoms with Crippen molar-refractivity contribution in [3.8, 4) is 0 Å². The number of fused-ring (bicyclic) bond motifs is 1. The first-order chi connectivity index (χ1) is 6.83. The summed E-state index contributed by atoms with van der Waals surface area (Å²) >= 11 is 0. The molecule has 0 saturated carbocycles. The first kappa shape index (κ1) is 8.99. The Labute approximate surface area is 82.4 Å². The second-order valence-corrected chi connectivity index (χ2v) is 3.38. The number of hydrogen-bond acceptors (Lipinski definition) is 2. The fraction of sp³-hybridized carbons (Fsp3) is 0.400. The van der Waals surface area contributed by atoms with Crippen molar-refractivity contribution < 1.29 is 4.79 Å². The zero-order chi connectivity index (χ0) is 9.97. The van der Waals surface area contributed by atoms with Gasteiger partial charge in [0.1, 0.15) is 0 Å². The molecular weight excluding hydrogens is 178 g/mol. The van der Waals surface area contributed by atoms with Crippen LogP contribution in [0.15, 0.2) is 12.7 Å². The smallest absolute Gasteiger partial charge is 0.272 e. The van der Waals surface area contributed by atoms with E-state index in [1.807, 2.05) is 0 Å². The molecule has 0 bridgehead atoms. The van der Waals surface area contributed by atoms with Crippen LogP contribution in [0, 0.1) is 0 Å². The minimum Gasteiger partial charge on any atom is -0.347 e. The lowest BCUT2D eigenvalue weighted by molar-refractivity contribution is 0.0952. The highest BCUT2D eigenvalue weighted by atomic mass is 16.1. The first-order valence-electron chi connectivity index (χ1n) is 4.78. The summed E-state index contributed by atoms with van der Waals surface area (Å²) in [6.07, 6.45) is 4.75. The summed E-state index contributed by atoms with van der Waals surface area (Å²) in [4.78, 5) is 11.6. The fourth-order valence-corrected chi connectivity index (χ4v) is 1.76. The third-order valence-corrected chi connectivity index (χ3v) is 2.43. The Bertz CT molecular complexity index is 367. The molecule has 2 rings (SSSR count). The Balaban J connectivity index is 2.16. The third-order valence-electron chi connectivity index (χ3n) is 2.43. The van der Waals surface area contributed by atoms with Crippen molar-refractivity contribution in [3.63, 3.8) is 0 Å². The van der Waals surface area contributed by atoms with Crippen molar-refractivity contribution in [2.75, 3.05) is 6.54 Å². The highest BCUT2D eigenvalue weighted by Gasteiger charge is 2.22. The number of carbonyl (C=O) groups is 1. The molecule has 0 radical (unpaired) electrons. The Morgan fingerprint density at radius 3 is 3.29 bits per heavy atom. The molecule has 0 atom stereocenters. The van der Waals surface area contributed by atoms with Gasteiger partial charge in [0.15, 0.2) is 5.69 Å². The quantitative estimate of drug-likeness (QED) is 0.695. The van der Waals surface area contributed by atoms with E-state index < -0.39 is 0 Å². The van der Waals surface area contributed by atoms with E-state index in [2.05, 4.69) is 22.1 Å². The van der Waals surface area contributed by atoms with E-state index in [4.69, 9.17) is 0 Å². The molecule has 0 saturated heterocycles. The summed E-state index contributed by atoms with van der Waals surface area (Å²) in [5.41, 5.74) is 2.76. The predicted octanol–water partition coefficient (Wildman–Crippen LogP) is 0.814. The number of aromatic amines is 1. The number of carbonyl (C=O) groups excluding carboxylic acids is 1. The topological polar surface area (TPSA) is 57.8 Å². The van der Waals surface area contributed by atoms with Crippen LogP contribution >= 0.6 is 0 Å². The first-order valence-corrected chi connectivity index (χ1v) is 4.78. The second-order valence-electron chi connectivity index (χ2n) is 3.38. The second kappa shape index (κ2) is 3.65. The Morgan fingerprint density at radius 1 is 1.64 bits per heavy atom. The van der Waals surface area contributed by atoms with Gasteiger partial charge < -0.3 is 5.32 Å². The fourth-order valence-electron chi connectivity index (χ4n) is 1.76. The van der Waals surface area contributed by atoms with Gasteiger partial charge in [0.2, 0.25) is 0 Å². The highest BCUT2D eigenvalue weighted by Crippen LogP contribution is 2.22. The van der Waals surface area contributed by atoms with Crippen LogP contribution in [0.1, 0.15) is 28.2 Å². The van der Waals surface area contributed by atoms with Crippen molar-refractivity contribution in [1.29, 1.82) is 0 Å². The van der Waals surface area contributed by atoms with Gasteiger partial charge in [-0.25, -0.2) is 0 Å². The number of amides is 1. The average Bonchev–Trinajstić information content (AvgIpc) is 2.74. The number of rotatable bonds is 3. The molecule has 0 aliphatic heterocycles. The van der Waals surface area contributed by atoms with Crippen LogP contribution in [0.25, 0.3) is 0 Å². The normalized spacial score (nSPS) is 13.7. The van der Waals surface area contributed by atoms with Gasteiger partial charge in [-0.3, -0.25) is 9.89 Å². The molecule has 4 heteroatoms. The van der Waals surface area contributed by atoms with E-state index in [1.165, 1.54) is 0 Å². The Hall–Kier alpha value is -1.58. The molecule has 2 N–H and O–H groups in total. The molecule has 1 aromatic rings. The molecule has 1 aromatic heterocycles. The van der Waals surface area contributed by atoms with Gasteiger partial charge in [0.05, 0.1) is 0 Å². The SMILES string of the molecule is C=CCNC(=O)c1n[nH]c2c1CCC2. The lowest BCUT2D eigenvalue weighted by atomic mass is 10.2. The van der Waals surface area contributed by atoms with Gasteiger partial charge in [-0.05, 0) is 19.3 Å². The molecule has 0 fully saturated rings. The molecule has 1 heterocycles. The van der Waals surface area contributed by atoms with Crippen LogP contribution in [-0.4, -0.2) is 22.6 Å². The molecule has 1 aliphatic rings. The number of nitrogens with zero attached hydrogens (tertiary/aromatic N) is 1. The van der Waals surface area contributed by atoms with Crippen LogP contribution in [0.2, 0.25) is 0 Å². The molecule has 1 aliphatic carbocycles. The Morgan fingerprint density at radius 2 is 2.50 bits per heavy atom. The summed E-state index contributed by atoms with van der Waals surface area (Å²) in [5, 5.41) is 9.65. The third kappa shape index (κ3) is 1.43. The zero-order valence-corrected chi connectivity index (χ0v) is 7.97. The summed E-state index contributed by atoms with van der Waals surface area (Å²) in [7, 11) is 0. The van der Waals surface area contributed by atoms with Crippen molar-refractivity contribution in [2.24, 2.45) is 0 Å². The van der Waals surface area contributed by atoms with Crippen molar-refractivity contribution in [1.82, 2.24) is 15.5 Å². The summed E-state index contributed by atoms with van der Waals surface area (Å²) in [6.45, 7) is 4.03. The van der Waals surface area contributed by atoms with Gasteiger partial charge in [-0.15, -0.1) is 6.58 Å². The summed E-state index contributed by atoms with van der Waals surface area (Å²) in [6, 6.07) is 0. The molecule has 4 nitrogen and oxygen atoms in total. The van der Waals surface area contributed by atoms with Crippen LogP contribution in [0.4, 0.5) is 0 Å². The standard InChI is InChI=1S/C10H13N3O/c1-2-6-11-10(14)9-7-4-3-5-8(7)12-13-9/h2H,1,3-6H2,(H,11,14)(H,12,13). The molecule has 74 valence electrons. The van der Waals surface area contributed by atoms with Crippen molar-refractivity contribution >= 4 is 5.91 Å². The molecule has 1 amide bonds. The number of nitrogens with one attached hydrogen (secondary N) is 2. The van der Waals surface area contributed by atoms with Crippen LogP contribution < -0.4 is 5.32 Å². The lowest BCUT2D eigenvalue weighted by Gasteiger charge is -1.99. The summed E-state index contributed by atoms with van der Waals surface area (Å²) < 4.78 is 0. The number of aromatic nitrogens is 2. The predicted molar refractivity (Wildman–Crippen MR) is 53.1 cm³/mol. The van der Waals surface area contributed by atoms with Gasteiger partial charge in [0.25, 0.3) is 5.91 Å². The van der Waals surface area contributed by atoms with Crippen molar-refractivity contribution in [3.05, 3.63) is 29.6 Å². The van der Waals surface area contributed by atoms with E-state index in [-0.39, 0.29) is 5.91 Å². The average molecular weight is 191 g/mol. The highest BCUT2D eigenvalue weighted by molar-refractivity contribution is 5.94. The van der Waals surface area contributed by atoms with Gasteiger partial charge in [0, 0.05) is 17.8 Å². The minimum absolute atomic E-state index is 0.107. The maximum atomic E-state index is 11.6. The molecule has 14 heavy (non-hydrogen) atoms. The van der Waals surface area contributed by atoms with Crippen LogP contribution in [0.5, 0.6) is 0 Å². The monoisotopic (exact) mass is 191 g/mol. The van der Waals surface area contributed by atoms with Crippen molar-refractivity contribution in [2.45, 2.75) is 19.3 Å². The van der Waals surface area contributed by atoms with Crippen LogP contribution in [-0.2, 0) is 12.8 Å². The summed E-state index contributed by atoms with van der Waals surface area (Å²) in [5.74, 6) is -0.107. The molecule has 0 spiro atoms. The van der Waals surface area contributed by atoms with E-state index in [1.54, 1.807) is 6.08 Å². The number of H-pyrrole nitrogens is 1. The van der Waals surface area contributed by atoms with E-state index >= 15 is 0 Å². The van der Waals surface area contributed by atoms with Gasteiger partial charge >= 0.3 is 0 Å². The maximum Gasteiger partial charge on any atom is 0.272 e. The number of hydrogen-bond donors (Lipinski definition) is 2. The van der Waals surface area contributed by atoms with E-state index in [0.29, 0.717) is 12.2 Å². The Kier molecular flexibility index (Phi) is 2.35. The lowest BCUT2D eigenvalue weighted by Crippen LogP contribution is -2.24. The molecule has 0 unspecified atom stereocenters. The minimum atomic E-state index is -0.107. The zero-order valence-electron chi connectivity index (χ0n) is 7.97. The molecule has 0 aromatic carbocycles. The van der Waals surface area contributed by atoms with Gasteiger partial charge in [-0.2, -0.15) is 5.10 Å². The van der Waals surface area contributed by atoms with Crippen LogP contribution in [0.3, 0.4) is 0 Å². The van der Waals surface area contributed by atoms with Gasteiger partial charge in [-0.1, -0.05) is 6.08 Å². The number of aryl methyl sites for hydroxylation is 1. The largest absolute Gasteiger partial charge is 0.347 e. The maximum absolute atomic E-state index is 11.6.